The second-order valence-corrected chi connectivity index (χ2v) is 8.04. The molecule has 1 unspecified atom stereocenters. The van der Waals surface area contributed by atoms with Crippen molar-refractivity contribution in [1.29, 1.82) is 0 Å². The number of hydrogen-bond donors (Lipinski definition) is 1. The summed E-state index contributed by atoms with van der Waals surface area (Å²) in [6, 6.07) is 5.72. The van der Waals surface area contributed by atoms with Gasteiger partial charge in [0.25, 0.3) is 0 Å². The summed E-state index contributed by atoms with van der Waals surface area (Å²) in [6.45, 7) is 1.13. The molecule has 7 nitrogen and oxygen atoms in total. The number of ether oxygens (including phenoxy) is 2. The van der Waals surface area contributed by atoms with E-state index in [0.29, 0.717) is 30.3 Å². The van der Waals surface area contributed by atoms with E-state index in [4.69, 9.17) is 21.1 Å². The molecule has 1 fully saturated rings. The number of thiophene rings is 1. The van der Waals surface area contributed by atoms with Crippen molar-refractivity contribution in [1.82, 2.24) is 9.97 Å². The largest absolute Gasteiger partial charge is 0.493 e. The number of carbonyl (C=O) groups is 1. The summed E-state index contributed by atoms with van der Waals surface area (Å²) in [4.78, 5) is 23.2. The smallest absolute Gasteiger partial charge is 0.308 e. The fraction of sp³-hybridized carbons (Fsp3) is 0.350. The third kappa shape index (κ3) is 3.70. The second-order valence-electron chi connectivity index (χ2n) is 6.84. The molecule has 1 aromatic carbocycles. The number of benzene rings is 1. The topological polar surface area (TPSA) is 84.8 Å². The van der Waals surface area contributed by atoms with Gasteiger partial charge in [-0.05, 0) is 42.1 Å². The Morgan fingerprint density at radius 2 is 2.07 bits per heavy atom. The highest BCUT2D eigenvalue weighted by atomic mass is 35.5. The van der Waals surface area contributed by atoms with Gasteiger partial charge in [-0.25, -0.2) is 4.98 Å². The standard InChI is InChI=1S/C20H20ClN3O4S/c1-27-14-6-5-11(8-15(14)28-2)13-10-29-18-16(13)17(22-20(21)23-18)24-7-3-4-12(9-24)19(25)26/h5-6,8,10,12H,3-4,7,9H2,1-2H3,(H,25,26). The van der Waals surface area contributed by atoms with Gasteiger partial charge in [-0.1, -0.05) is 6.07 Å². The highest BCUT2D eigenvalue weighted by Crippen LogP contribution is 2.42. The Balaban J connectivity index is 1.84. The SMILES string of the molecule is COc1ccc(-c2csc3nc(Cl)nc(N4CCCC(C(=O)O)C4)c23)cc1OC. The molecule has 0 bridgehead atoms. The van der Waals surface area contributed by atoms with Crippen LogP contribution in [-0.2, 0) is 4.79 Å². The van der Waals surface area contributed by atoms with Gasteiger partial charge in [-0.2, -0.15) is 4.98 Å². The van der Waals surface area contributed by atoms with E-state index in [1.54, 1.807) is 14.2 Å². The maximum absolute atomic E-state index is 11.5. The average molecular weight is 434 g/mol. The van der Waals surface area contributed by atoms with Crippen molar-refractivity contribution in [2.75, 3.05) is 32.2 Å². The van der Waals surface area contributed by atoms with Crippen LogP contribution in [0.4, 0.5) is 5.82 Å². The fourth-order valence-electron chi connectivity index (χ4n) is 3.71. The summed E-state index contributed by atoms with van der Waals surface area (Å²) in [5.41, 5.74) is 1.89. The van der Waals surface area contributed by atoms with Crippen LogP contribution in [-0.4, -0.2) is 48.4 Å². The molecule has 3 heterocycles. The zero-order valence-electron chi connectivity index (χ0n) is 16.0. The van der Waals surface area contributed by atoms with Crippen molar-refractivity contribution >= 4 is 44.9 Å². The molecule has 1 aliphatic rings. The van der Waals surface area contributed by atoms with Gasteiger partial charge in [0, 0.05) is 24.0 Å². The van der Waals surface area contributed by atoms with E-state index < -0.39 is 11.9 Å². The molecule has 1 N–H and O–H groups in total. The van der Waals surface area contributed by atoms with Crippen molar-refractivity contribution in [2.45, 2.75) is 12.8 Å². The van der Waals surface area contributed by atoms with Crippen LogP contribution in [0.1, 0.15) is 12.8 Å². The first kappa shape index (κ1) is 19.7. The van der Waals surface area contributed by atoms with E-state index in [2.05, 4.69) is 9.97 Å². The fourth-order valence-corrected chi connectivity index (χ4v) is 4.87. The van der Waals surface area contributed by atoms with Crippen molar-refractivity contribution in [3.63, 3.8) is 0 Å². The van der Waals surface area contributed by atoms with Crippen LogP contribution >= 0.6 is 22.9 Å². The molecular formula is C20H20ClN3O4S. The van der Waals surface area contributed by atoms with Crippen LogP contribution in [0.3, 0.4) is 0 Å². The van der Waals surface area contributed by atoms with Crippen molar-refractivity contribution in [2.24, 2.45) is 5.92 Å². The van der Waals surface area contributed by atoms with E-state index in [0.717, 1.165) is 34.3 Å². The number of halogens is 1. The summed E-state index contributed by atoms with van der Waals surface area (Å²) in [6.07, 6.45) is 1.45. The number of aliphatic carboxylic acids is 1. The number of anilines is 1. The van der Waals surface area contributed by atoms with Gasteiger partial charge < -0.3 is 19.5 Å². The number of carboxylic acid groups (broad SMARTS) is 1. The Bertz CT molecular complexity index is 1070. The maximum Gasteiger partial charge on any atom is 0.308 e. The first-order valence-corrected chi connectivity index (χ1v) is 10.4. The monoisotopic (exact) mass is 433 g/mol. The van der Waals surface area contributed by atoms with Crippen LogP contribution < -0.4 is 14.4 Å². The van der Waals surface area contributed by atoms with Gasteiger partial charge in [0.1, 0.15) is 10.6 Å². The number of nitrogens with zero attached hydrogens (tertiary/aromatic N) is 3. The lowest BCUT2D eigenvalue weighted by Gasteiger charge is -2.32. The molecule has 152 valence electrons. The molecule has 0 spiro atoms. The Morgan fingerprint density at radius 1 is 1.28 bits per heavy atom. The van der Waals surface area contributed by atoms with Crippen LogP contribution in [0.2, 0.25) is 5.28 Å². The average Bonchev–Trinajstić information content (AvgIpc) is 3.16. The zero-order valence-corrected chi connectivity index (χ0v) is 17.6. The molecule has 1 saturated heterocycles. The van der Waals surface area contributed by atoms with Crippen LogP contribution in [0.15, 0.2) is 23.6 Å². The highest BCUT2D eigenvalue weighted by Gasteiger charge is 2.28. The number of methoxy groups -OCH3 is 2. The Kier molecular flexibility index (Phi) is 5.47. The van der Waals surface area contributed by atoms with E-state index >= 15 is 0 Å². The highest BCUT2D eigenvalue weighted by molar-refractivity contribution is 7.17. The Hall–Kier alpha value is -2.58. The molecule has 2 aromatic heterocycles. The lowest BCUT2D eigenvalue weighted by atomic mass is 9.97. The van der Waals surface area contributed by atoms with E-state index in [1.807, 2.05) is 28.5 Å². The van der Waals surface area contributed by atoms with Gasteiger partial charge in [-0.3, -0.25) is 4.79 Å². The van der Waals surface area contributed by atoms with Crippen molar-refractivity contribution in [3.05, 3.63) is 28.9 Å². The molecule has 4 rings (SSSR count). The van der Waals surface area contributed by atoms with Crippen LogP contribution in [0.25, 0.3) is 21.3 Å². The minimum Gasteiger partial charge on any atom is -0.493 e. The van der Waals surface area contributed by atoms with Gasteiger partial charge >= 0.3 is 5.97 Å². The number of hydrogen-bond acceptors (Lipinski definition) is 7. The molecule has 1 aliphatic heterocycles. The Labute approximate surface area is 176 Å². The summed E-state index contributed by atoms with van der Waals surface area (Å²) in [7, 11) is 3.20. The van der Waals surface area contributed by atoms with Gasteiger partial charge in [-0.15, -0.1) is 11.3 Å². The predicted octanol–water partition coefficient (Wildman–Crippen LogP) is 4.33. The number of aromatic nitrogens is 2. The predicted molar refractivity (Wildman–Crippen MR) is 114 cm³/mol. The van der Waals surface area contributed by atoms with E-state index in [1.165, 1.54) is 11.3 Å². The molecule has 29 heavy (non-hydrogen) atoms. The van der Waals surface area contributed by atoms with Crippen molar-refractivity contribution < 1.29 is 19.4 Å². The van der Waals surface area contributed by atoms with Crippen LogP contribution in [0, 0.1) is 5.92 Å². The molecule has 0 radical (unpaired) electrons. The van der Waals surface area contributed by atoms with Crippen LogP contribution in [0.5, 0.6) is 11.5 Å². The van der Waals surface area contributed by atoms with Gasteiger partial charge in [0.15, 0.2) is 11.5 Å². The second kappa shape index (κ2) is 8.04. The molecule has 9 heteroatoms. The lowest BCUT2D eigenvalue weighted by Crippen LogP contribution is -2.39. The molecule has 0 amide bonds. The molecule has 1 atom stereocenters. The third-order valence-electron chi connectivity index (χ3n) is 5.15. The lowest BCUT2D eigenvalue weighted by molar-refractivity contribution is -0.141. The quantitative estimate of drug-likeness (QED) is 0.599. The normalized spacial score (nSPS) is 16.8. The third-order valence-corrected chi connectivity index (χ3v) is 6.19. The van der Waals surface area contributed by atoms with Gasteiger partial charge in [0.05, 0.1) is 25.5 Å². The Morgan fingerprint density at radius 3 is 2.79 bits per heavy atom. The van der Waals surface area contributed by atoms with Crippen molar-refractivity contribution in [3.8, 4) is 22.6 Å². The number of carboxylic acids is 1. The number of rotatable bonds is 5. The minimum atomic E-state index is -0.781. The molecular weight excluding hydrogens is 414 g/mol. The summed E-state index contributed by atoms with van der Waals surface area (Å²) < 4.78 is 10.8. The molecule has 0 aliphatic carbocycles. The summed E-state index contributed by atoms with van der Waals surface area (Å²) >= 11 is 7.67. The van der Waals surface area contributed by atoms with Gasteiger partial charge in [0.2, 0.25) is 5.28 Å². The molecule has 0 saturated carbocycles. The summed E-state index contributed by atoms with van der Waals surface area (Å²) in [5, 5.41) is 12.5. The minimum absolute atomic E-state index is 0.158. The van der Waals surface area contributed by atoms with E-state index in [9.17, 15) is 9.90 Å². The number of fused-ring (bicyclic) bond motifs is 1. The first-order chi connectivity index (χ1) is 14.0. The first-order valence-electron chi connectivity index (χ1n) is 9.16. The molecule has 3 aromatic rings. The van der Waals surface area contributed by atoms with E-state index in [-0.39, 0.29) is 5.28 Å². The maximum atomic E-state index is 11.5. The zero-order chi connectivity index (χ0) is 20.5. The number of piperidine rings is 1. The summed E-state index contributed by atoms with van der Waals surface area (Å²) in [5.74, 6) is 0.754.